The van der Waals surface area contributed by atoms with Gasteiger partial charge in [-0.15, -0.1) is 6.42 Å². The van der Waals surface area contributed by atoms with Crippen molar-refractivity contribution in [1.82, 2.24) is 4.90 Å². The maximum Gasteiger partial charge on any atom is 0.298 e. The molecule has 0 aromatic carbocycles. The van der Waals surface area contributed by atoms with Gasteiger partial charge in [0.25, 0.3) is 5.91 Å². The predicted molar refractivity (Wildman–Crippen MR) is 51.8 cm³/mol. The number of carbonyl (C=O) groups excluding carboxylic acids is 1. The molecule has 1 fully saturated rings. The minimum Gasteiger partial charge on any atom is -0.332 e. The third kappa shape index (κ3) is 2.22. The van der Waals surface area contributed by atoms with Gasteiger partial charge in [0.15, 0.2) is 0 Å². The number of hydrogen-bond acceptors (Lipinski definition) is 2. The van der Waals surface area contributed by atoms with E-state index in [9.17, 15) is 4.79 Å². The second kappa shape index (κ2) is 4.29. The fraction of sp³-hybridized carbons (Fsp3) is 0.700. The fourth-order valence-electron chi connectivity index (χ4n) is 1.76. The van der Waals surface area contributed by atoms with Gasteiger partial charge in [0.1, 0.15) is 0 Å². The molecule has 0 saturated carbocycles. The lowest BCUT2D eigenvalue weighted by Gasteiger charge is -2.35. The summed E-state index contributed by atoms with van der Waals surface area (Å²) in [5, 5.41) is 0. The SMILES string of the molecule is C#CC(=O)N1CCC(N)C(CC)C1. The average molecular weight is 180 g/mol. The summed E-state index contributed by atoms with van der Waals surface area (Å²) in [6, 6.07) is 0.229. The van der Waals surface area contributed by atoms with E-state index in [1.54, 1.807) is 4.90 Å². The van der Waals surface area contributed by atoms with Crippen molar-refractivity contribution in [2.75, 3.05) is 13.1 Å². The van der Waals surface area contributed by atoms with E-state index in [1.807, 2.05) is 0 Å². The van der Waals surface area contributed by atoms with E-state index in [1.165, 1.54) is 0 Å². The van der Waals surface area contributed by atoms with Crippen molar-refractivity contribution in [3.05, 3.63) is 0 Å². The molecule has 13 heavy (non-hydrogen) atoms. The van der Waals surface area contributed by atoms with Crippen molar-refractivity contribution < 1.29 is 4.79 Å². The largest absolute Gasteiger partial charge is 0.332 e. The fourth-order valence-corrected chi connectivity index (χ4v) is 1.76. The highest BCUT2D eigenvalue weighted by atomic mass is 16.2. The van der Waals surface area contributed by atoms with Crippen LogP contribution in [0.4, 0.5) is 0 Å². The number of hydrogen-bond donors (Lipinski definition) is 1. The zero-order chi connectivity index (χ0) is 9.84. The van der Waals surface area contributed by atoms with Crippen LogP contribution in [0.3, 0.4) is 0 Å². The second-order valence-electron chi connectivity index (χ2n) is 3.52. The Morgan fingerprint density at radius 2 is 2.46 bits per heavy atom. The van der Waals surface area contributed by atoms with Gasteiger partial charge in [-0.1, -0.05) is 13.3 Å². The number of piperidine rings is 1. The Hall–Kier alpha value is -1.01. The Morgan fingerprint density at radius 1 is 1.77 bits per heavy atom. The first kappa shape index (κ1) is 10.1. The Morgan fingerprint density at radius 3 is 3.00 bits per heavy atom. The molecule has 1 amide bonds. The number of rotatable bonds is 1. The topological polar surface area (TPSA) is 46.3 Å². The molecule has 1 saturated heterocycles. The van der Waals surface area contributed by atoms with Crippen LogP contribution in [0, 0.1) is 18.3 Å². The van der Waals surface area contributed by atoms with E-state index in [0.29, 0.717) is 12.5 Å². The van der Waals surface area contributed by atoms with Crippen molar-refractivity contribution in [3.63, 3.8) is 0 Å². The summed E-state index contributed by atoms with van der Waals surface area (Å²) in [5.41, 5.74) is 5.90. The van der Waals surface area contributed by atoms with Crippen LogP contribution in [0.25, 0.3) is 0 Å². The van der Waals surface area contributed by atoms with Gasteiger partial charge in [0.05, 0.1) is 0 Å². The van der Waals surface area contributed by atoms with Crippen LogP contribution in [0.5, 0.6) is 0 Å². The molecule has 0 spiro atoms. The molecule has 2 N–H and O–H groups in total. The van der Waals surface area contributed by atoms with Gasteiger partial charge >= 0.3 is 0 Å². The molecule has 0 bridgehead atoms. The van der Waals surface area contributed by atoms with E-state index < -0.39 is 0 Å². The molecule has 1 aliphatic rings. The molecule has 2 atom stereocenters. The van der Waals surface area contributed by atoms with Gasteiger partial charge in [-0.2, -0.15) is 0 Å². The minimum atomic E-state index is -0.203. The summed E-state index contributed by atoms with van der Waals surface area (Å²) >= 11 is 0. The molecule has 72 valence electrons. The Bertz CT molecular complexity index is 232. The van der Waals surface area contributed by atoms with Crippen molar-refractivity contribution in [1.29, 1.82) is 0 Å². The van der Waals surface area contributed by atoms with Crippen LogP contribution in [-0.4, -0.2) is 29.9 Å². The number of carbonyl (C=O) groups is 1. The van der Waals surface area contributed by atoms with Gasteiger partial charge in [-0.3, -0.25) is 4.79 Å². The maximum absolute atomic E-state index is 11.2. The lowest BCUT2D eigenvalue weighted by Crippen LogP contribution is -2.48. The van der Waals surface area contributed by atoms with Crippen LogP contribution in [0.1, 0.15) is 19.8 Å². The molecule has 2 unspecified atom stereocenters. The molecule has 0 aliphatic carbocycles. The highest BCUT2D eigenvalue weighted by Gasteiger charge is 2.26. The second-order valence-corrected chi connectivity index (χ2v) is 3.52. The Labute approximate surface area is 79.3 Å². The van der Waals surface area contributed by atoms with Crippen LogP contribution in [0.2, 0.25) is 0 Å². The van der Waals surface area contributed by atoms with Gasteiger partial charge in [-0.25, -0.2) is 0 Å². The first-order valence-corrected chi connectivity index (χ1v) is 4.70. The third-order valence-electron chi connectivity index (χ3n) is 2.73. The van der Waals surface area contributed by atoms with E-state index in [4.69, 9.17) is 12.2 Å². The predicted octanol–water partition coefficient (Wildman–Crippen LogP) is 0.205. The first-order valence-electron chi connectivity index (χ1n) is 4.70. The van der Waals surface area contributed by atoms with Crippen molar-refractivity contribution >= 4 is 5.91 Å². The smallest absolute Gasteiger partial charge is 0.298 e. The molecular weight excluding hydrogens is 164 g/mol. The Balaban J connectivity index is 2.55. The van der Waals surface area contributed by atoms with E-state index in [0.717, 1.165) is 19.4 Å². The van der Waals surface area contributed by atoms with E-state index >= 15 is 0 Å². The molecule has 0 aromatic rings. The molecule has 1 heterocycles. The lowest BCUT2D eigenvalue weighted by atomic mass is 9.91. The molecule has 3 heteroatoms. The standard InChI is InChI=1S/C10H16N2O/c1-3-8-7-12(10(13)4-2)6-5-9(8)11/h2,8-9H,3,5-7,11H2,1H3. The van der Waals surface area contributed by atoms with E-state index in [-0.39, 0.29) is 11.9 Å². The van der Waals surface area contributed by atoms with Gasteiger partial charge < -0.3 is 10.6 Å². The third-order valence-corrected chi connectivity index (χ3v) is 2.73. The maximum atomic E-state index is 11.2. The molecule has 0 aromatic heterocycles. The van der Waals surface area contributed by atoms with Gasteiger partial charge in [0.2, 0.25) is 0 Å². The minimum absolute atomic E-state index is 0.203. The number of nitrogens with two attached hydrogens (primary N) is 1. The Kier molecular flexibility index (Phi) is 3.32. The molecule has 1 aliphatic heterocycles. The summed E-state index contributed by atoms with van der Waals surface area (Å²) in [4.78, 5) is 12.9. The van der Waals surface area contributed by atoms with Crippen molar-refractivity contribution in [2.45, 2.75) is 25.8 Å². The highest BCUT2D eigenvalue weighted by Crippen LogP contribution is 2.18. The number of nitrogens with zero attached hydrogens (tertiary/aromatic N) is 1. The van der Waals surface area contributed by atoms with Crippen LogP contribution in [-0.2, 0) is 4.79 Å². The quantitative estimate of drug-likeness (QED) is 0.586. The molecular formula is C10H16N2O. The zero-order valence-electron chi connectivity index (χ0n) is 7.99. The van der Waals surface area contributed by atoms with Crippen LogP contribution < -0.4 is 5.73 Å². The molecule has 0 radical (unpaired) electrons. The van der Waals surface area contributed by atoms with Crippen molar-refractivity contribution in [3.8, 4) is 12.3 Å². The summed E-state index contributed by atoms with van der Waals surface area (Å²) in [7, 11) is 0. The van der Waals surface area contributed by atoms with Crippen LogP contribution in [0.15, 0.2) is 0 Å². The zero-order valence-corrected chi connectivity index (χ0v) is 7.99. The molecule has 3 nitrogen and oxygen atoms in total. The van der Waals surface area contributed by atoms with Gasteiger partial charge in [0, 0.05) is 19.1 Å². The normalized spacial score (nSPS) is 28.2. The average Bonchev–Trinajstić information content (AvgIpc) is 2.17. The lowest BCUT2D eigenvalue weighted by molar-refractivity contribution is -0.127. The van der Waals surface area contributed by atoms with E-state index in [2.05, 4.69) is 12.8 Å². The summed E-state index contributed by atoms with van der Waals surface area (Å²) in [6.45, 7) is 3.52. The summed E-state index contributed by atoms with van der Waals surface area (Å²) in [5.74, 6) is 2.35. The number of likely N-dealkylation sites (tertiary alicyclic amines) is 1. The van der Waals surface area contributed by atoms with Gasteiger partial charge in [-0.05, 0) is 18.3 Å². The highest BCUT2D eigenvalue weighted by molar-refractivity contribution is 5.92. The summed E-state index contributed by atoms with van der Waals surface area (Å²) < 4.78 is 0. The monoisotopic (exact) mass is 180 g/mol. The number of terminal acetylenes is 1. The first-order chi connectivity index (χ1) is 6.19. The summed E-state index contributed by atoms with van der Waals surface area (Å²) in [6.07, 6.45) is 6.93. The van der Waals surface area contributed by atoms with Crippen LogP contribution >= 0.6 is 0 Å². The number of amides is 1. The molecule has 1 rings (SSSR count). The van der Waals surface area contributed by atoms with Crippen molar-refractivity contribution in [2.24, 2.45) is 11.7 Å².